The third-order valence-electron chi connectivity index (χ3n) is 3.81. The fourth-order valence-corrected chi connectivity index (χ4v) is 3.12. The lowest BCUT2D eigenvalue weighted by Crippen LogP contribution is -2.25. The number of hydrogen-bond donors (Lipinski definition) is 1. The number of aromatic nitrogens is 3. The van der Waals surface area contributed by atoms with Crippen molar-refractivity contribution in [3.63, 3.8) is 0 Å². The van der Waals surface area contributed by atoms with Crippen LogP contribution in [0.2, 0.25) is 0 Å². The molecule has 1 amide bonds. The monoisotopic (exact) mass is 332 g/mol. The molecule has 6 nitrogen and oxygen atoms in total. The average Bonchev–Trinajstić information content (AvgIpc) is 3.35. The summed E-state index contributed by atoms with van der Waals surface area (Å²) < 4.78 is 7.27. The molecular formula is C16H20N4O2S. The van der Waals surface area contributed by atoms with Gasteiger partial charge >= 0.3 is 0 Å². The molecule has 1 aromatic carbocycles. The van der Waals surface area contributed by atoms with Gasteiger partial charge in [-0.1, -0.05) is 30.0 Å². The van der Waals surface area contributed by atoms with E-state index in [0.717, 1.165) is 22.3 Å². The Labute approximate surface area is 139 Å². The molecule has 1 saturated carbocycles. The van der Waals surface area contributed by atoms with E-state index in [-0.39, 0.29) is 5.91 Å². The fraction of sp³-hybridized carbons (Fsp3) is 0.438. The molecule has 23 heavy (non-hydrogen) atoms. The van der Waals surface area contributed by atoms with Crippen LogP contribution in [0, 0.1) is 0 Å². The van der Waals surface area contributed by atoms with E-state index < -0.39 is 0 Å². The zero-order valence-electron chi connectivity index (χ0n) is 13.3. The Balaban J connectivity index is 1.50. The van der Waals surface area contributed by atoms with Gasteiger partial charge in [0.25, 0.3) is 0 Å². The molecular weight excluding hydrogens is 312 g/mol. The van der Waals surface area contributed by atoms with Crippen LogP contribution in [0.4, 0.5) is 0 Å². The number of benzene rings is 1. The molecule has 1 heterocycles. The molecule has 122 valence electrons. The second kappa shape index (κ2) is 7.04. The Bertz CT molecular complexity index is 697. The summed E-state index contributed by atoms with van der Waals surface area (Å²) in [6.45, 7) is 0.454. The van der Waals surface area contributed by atoms with Crippen molar-refractivity contribution in [2.45, 2.75) is 30.5 Å². The van der Waals surface area contributed by atoms with Gasteiger partial charge < -0.3 is 14.6 Å². The van der Waals surface area contributed by atoms with E-state index in [1.807, 2.05) is 35.9 Å². The van der Waals surface area contributed by atoms with Crippen molar-refractivity contribution in [3.8, 4) is 5.75 Å². The number of carbonyl (C=O) groups excluding carboxylic acids is 1. The van der Waals surface area contributed by atoms with E-state index in [4.69, 9.17) is 4.74 Å². The van der Waals surface area contributed by atoms with Gasteiger partial charge in [0.1, 0.15) is 11.6 Å². The molecule has 0 bridgehead atoms. The smallest absolute Gasteiger partial charge is 0.230 e. The van der Waals surface area contributed by atoms with Crippen LogP contribution in [0.15, 0.2) is 29.4 Å². The number of amides is 1. The van der Waals surface area contributed by atoms with Gasteiger partial charge in [-0.15, -0.1) is 10.2 Å². The van der Waals surface area contributed by atoms with E-state index in [1.165, 1.54) is 24.6 Å². The first-order valence-corrected chi connectivity index (χ1v) is 8.58. The zero-order valence-corrected chi connectivity index (χ0v) is 14.1. The highest BCUT2D eigenvalue weighted by Crippen LogP contribution is 2.39. The van der Waals surface area contributed by atoms with Crippen molar-refractivity contribution in [1.29, 1.82) is 0 Å². The molecule has 1 aromatic heterocycles. The van der Waals surface area contributed by atoms with E-state index in [0.29, 0.717) is 18.2 Å². The Morgan fingerprint density at radius 2 is 2.17 bits per heavy atom. The SMILES string of the molecule is COc1ccccc1CNC(=O)CSc1nnc(C2CC2)n1C. The minimum absolute atomic E-state index is 0.0307. The first kappa shape index (κ1) is 15.9. The molecule has 3 rings (SSSR count). The first-order chi connectivity index (χ1) is 11.2. The second-order valence-electron chi connectivity index (χ2n) is 5.55. The number of nitrogens with one attached hydrogen (secondary N) is 1. The van der Waals surface area contributed by atoms with Gasteiger partial charge in [0.15, 0.2) is 5.16 Å². The van der Waals surface area contributed by atoms with Crippen molar-refractivity contribution in [2.24, 2.45) is 7.05 Å². The topological polar surface area (TPSA) is 69.0 Å². The minimum Gasteiger partial charge on any atom is -0.496 e. The van der Waals surface area contributed by atoms with Gasteiger partial charge in [-0.05, 0) is 18.9 Å². The highest BCUT2D eigenvalue weighted by molar-refractivity contribution is 7.99. The molecule has 1 N–H and O–H groups in total. The van der Waals surface area contributed by atoms with Crippen LogP contribution in [0.5, 0.6) is 5.75 Å². The van der Waals surface area contributed by atoms with E-state index in [9.17, 15) is 4.79 Å². The lowest BCUT2D eigenvalue weighted by molar-refractivity contribution is -0.118. The van der Waals surface area contributed by atoms with E-state index in [1.54, 1.807) is 7.11 Å². The van der Waals surface area contributed by atoms with Crippen molar-refractivity contribution in [1.82, 2.24) is 20.1 Å². The first-order valence-electron chi connectivity index (χ1n) is 7.59. The summed E-state index contributed by atoms with van der Waals surface area (Å²) in [5, 5.41) is 12.1. The number of rotatable bonds is 7. The summed E-state index contributed by atoms with van der Waals surface area (Å²) in [5.41, 5.74) is 0.961. The van der Waals surface area contributed by atoms with Crippen LogP contribution in [0.1, 0.15) is 30.1 Å². The molecule has 1 fully saturated rings. The summed E-state index contributed by atoms with van der Waals surface area (Å²) in [7, 11) is 3.59. The second-order valence-corrected chi connectivity index (χ2v) is 6.49. The Kier molecular flexibility index (Phi) is 4.85. The lowest BCUT2D eigenvalue weighted by Gasteiger charge is -2.09. The van der Waals surface area contributed by atoms with Gasteiger partial charge in [-0.3, -0.25) is 4.79 Å². The molecule has 0 unspecified atom stereocenters. The maximum Gasteiger partial charge on any atom is 0.230 e. The van der Waals surface area contributed by atoms with Crippen molar-refractivity contribution in [3.05, 3.63) is 35.7 Å². The fourth-order valence-electron chi connectivity index (χ4n) is 2.37. The molecule has 0 aliphatic heterocycles. The molecule has 2 aromatic rings. The predicted molar refractivity (Wildman–Crippen MR) is 88.5 cm³/mol. The van der Waals surface area contributed by atoms with Crippen LogP contribution >= 0.6 is 11.8 Å². The lowest BCUT2D eigenvalue weighted by atomic mass is 10.2. The van der Waals surface area contributed by atoms with Gasteiger partial charge in [-0.25, -0.2) is 0 Å². The normalized spacial score (nSPS) is 13.8. The van der Waals surface area contributed by atoms with Gasteiger partial charge in [0, 0.05) is 25.1 Å². The maximum absolute atomic E-state index is 12.0. The number of carbonyl (C=O) groups is 1. The highest BCUT2D eigenvalue weighted by atomic mass is 32.2. The number of thioether (sulfide) groups is 1. The summed E-state index contributed by atoms with van der Waals surface area (Å²) in [6, 6.07) is 7.66. The van der Waals surface area contributed by atoms with Gasteiger partial charge in [0.05, 0.1) is 12.9 Å². The van der Waals surface area contributed by atoms with Crippen molar-refractivity contribution >= 4 is 17.7 Å². The number of para-hydroxylation sites is 1. The summed E-state index contributed by atoms with van der Waals surface area (Å²) in [5.74, 6) is 2.66. The molecule has 0 radical (unpaired) electrons. The quantitative estimate of drug-likeness (QED) is 0.787. The maximum atomic E-state index is 12.0. The number of ether oxygens (including phenoxy) is 1. The molecule has 0 spiro atoms. The van der Waals surface area contributed by atoms with Crippen molar-refractivity contribution in [2.75, 3.05) is 12.9 Å². The summed E-state index contributed by atoms with van der Waals surface area (Å²) in [6.07, 6.45) is 2.38. The Morgan fingerprint density at radius 3 is 2.91 bits per heavy atom. The zero-order chi connectivity index (χ0) is 16.2. The molecule has 1 aliphatic carbocycles. The molecule has 0 saturated heterocycles. The van der Waals surface area contributed by atoms with Crippen molar-refractivity contribution < 1.29 is 9.53 Å². The third kappa shape index (κ3) is 3.85. The number of hydrogen-bond acceptors (Lipinski definition) is 5. The Morgan fingerprint density at radius 1 is 1.39 bits per heavy atom. The third-order valence-corrected chi connectivity index (χ3v) is 4.83. The predicted octanol–water partition coefficient (Wildman–Crippen LogP) is 2.11. The van der Waals surface area contributed by atoms with Crippen LogP contribution in [-0.2, 0) is 18.4 Å². The van der Waals surface area contributed by atoms with E-state index >= 15 is 0 Å². The molecule has 1 aliphatic rings. The van der Waals surface area contributed by atoms with E-state index in [2.05, 4.69) is 15.5 Å². The molecule has 0 atom stereocenters. The van der Waals surface area contributed by atoms with Crippen LogP contribution in [-0.4, -0.2) is 33.5 Å². The largest absolute Gasteiger partial charge is 0.496 e. The average molecular weight is 332 g/mol. The van der Waals surface area contributed by atoms with Gasteiger partial charge in [0.2, 0.25) is 5.91 Å². The standard InChI is InChI=1S/C16H20N4O2S/c1-20-15(11-7-8-11)18-19-16(20)23-10-14(21)17-9-12-5-3-4-6-13(12)22-2/h3-6,11H,7-10H2,1-2H3,(H,17,21). The number of nitrogens with zero attached hydrogens (tertiary/aromatic N) is 3. The highest BCUT2D eigenvalue weighted by Gasteiger charge is 2.29. The summed E-state index contributed by atoms with van der Waals surface area (Å²) in [4.78, 5) is 12.0. The van der Waals surface area contributed by atoms with Crippen LogP contribution < -0.4 is 10.1 Å². The molecule has 7 heteroatoms. The van der Waals surface area contributed by atoms with Crippen LogP contribution in [0.25, 0.3) is 0 Å². The van der Waals surface area contributed by atoms with Crippen LogP contribution in [0.3, 0.4) is 0 Å². The van der Waals surface area contributed by atoms with Gasteiger partial charge in [-0.2, -0.15) is 0 Å². The summed E-state index contributed by atoms with van der Waals surface area (Å²) >= 11 is 1.41. The number of methoxy groups -OCH3 is 1. The minimum atomic E-state index is -0.0307. The Hall–Kier alpha value is -2.02.